The summed E-state index contributed by atoms with van der Waals surface area (Å²) < 4.78 is 16.6. The zero-order valence-electron chi connectivity index (χ0n) is 37.4. The van der Waals surface area contributed by atoms with Gasteiger partial charge in [0.05, 0.1) is 0 Å². The van der Waals surface area contributed by atoms with Gasteiger partial charge >= 0.3 is 17.9 Å². The standard InChI is InChI=1S/C49H94O6/c1-5-8-10-12-13-14-26-29-33-37-41-48(51)54-44-46(43-53-47(50)40-36-31-11-9-6-2)55-49(52)42-38-34-30-27-24-22-20-18-16-15-17-19-21-23-25-28-32-35-39-45(4)7-3/h45-46H,5-44H2,1-4H3/t45?,46-/m1/s1. The smallest absolute Gasteiger partial charge is 0.306 e. The highest BCUT2D eigenvalue weighted by atomic mass is 16.6. The van der Waals surface area contributed by atoms with Crippen LogP contribution >= 0.6 is 0 Å². The summed E-state index contributed by atoms with van der Waals surface area (Å²) in [7, 11) is 0. The van der Waals surface area contributed by atoms with E-state index in [0.717, 1.165) is 70.1 Å². The van der Waals surface area contributed by atoms with Crippen molar-refractivity contribution < 1.29 is 28.6 Å². The summed E-state index contributed by atoms with van der Waals surface area (Å²) in [6.45, 7) is 8.97. The SMILES string of the molecule is CCCCCCCCCCCCC(=O)OC[C@@H](COC(=O)CCCCCCC)OC(=O)CCCCCCCCCCCCCCCCCCCCC(C)CC. The van der Waals surface area contributed by atoms with Gasteiger partial charge in [0.15, 0.2) is 6.10 Å². The van der Waals surface area contributed by atoms with Crippen LogP contribution in [0.4, 0.5) is 0 Å². The molecule has 0 amide bonds. The first-order chi connectivity index (χ1) is 26.9. The molecule has 6 heteroatoms. The predicted octanol–water partition coefficient (Wildman–Crippen LogP) is 15.5. The van der Waals surface area contributed by atoms with E-state index in [1.165, 1.54) is 161 Å². The van der Waals surface area contributed by atoms with Crippen molar-refractivity contribution in [3.63, 3.8) is 0 Å². The maximum Gasteiger partial charge on any atom is 0.306 e. The zero-order chi connectivity index (χ0) is 40.3. The molecule has 0 saturated carbocycles. The number of carbonyl (C=O) groups is 3. The van der Waals surface area contributed by atoms with Crippen LogP contribution in [0, 0.1) is 5.92 Å². The second-order valence-corrected chi connectivity index (χ2v) is 17.0. The van der Waals surface area contributed by atoms with Gasteiger partial charge in [0.2, 0.25) is 0 Å². The monoisotopic (exact) mass is 779 g/mol. The third-order valence-corrected chi connectivity index (χ3v) is 11.4. The van der Waals surface area contributed by atoms with Crippen molar-refractivity contribution in [3.05, 3.63) is 0 Å². The van der Waals surface area contributed by atoms with Crippen molar-refractivity contribution >= 4 is 17.9 Å². The van der Waals surface area contributed by atoms with Gasteiger partial charge < -0.3 is 14.2 Å². The number of unbranched alkanes of at least 4 members (excludes halogenated alkanes) is 30. The molecule has 6 nitrogen and oxygen atoms in total. The molecule has 0 N–H and O–H groups in total. The Labute approximate surface area is 342 Å². The third-order valence-electron chi connectivity index (χ3n) is 11.4. The van der Waals surface area contributed by atoms with Crippen LogP contribution < -0.4 is 0 Å². The second-order valence-electron chi connectivity index (χ2n) is 17.0. The zero-order valence-corrected chi connectivity index (χ0v) is 37.4. The molecule has 0 aliphatic heterocycles. The van der Waals surface area contributed by atoms with E-state index >= 15 is 0 Å². The third kappa shape index (κ3) is 41.9. The summed E-state index contributed by atoms with van der Waals surface area (Å²) >= 11 is 0. The van der Waals surface area contributed by atoms with Gasteiger partial charge in [0.1, 0.15) is 13.2 Å². The number of hydrogen-bond donors (Lipinski definition) is 0. The van der Waals surface area contributed by atoms with E-state index in [2.05, 4.69) is 27.7 Å². The summed E-state index contributed by atoms with van der Waals surface area (Å²) in [5.41, 5.74) is 0. The molecule has 0 heterocycles. The molecule has 0 fully saturated rings. The fourth-order valence-electron chi connectivity index (χ4n) is 7.30. The lowest BCUT2D eigenvalue weighted by Crippen LogP contribution is -2.30. The Kier molecular flexibility index (Phi) is 42.3. The Morgan fingerprint density at radius 3 is 0.945 bits per heavy atom. The van der Waals surface area contributed by atoms with E-state index in [4.69, 9.17) is 14.2 Å². The Hall–Kier alpha value is -1.59. The number of hydrogen-bond acceptors (Lipinski definition) is 6. The van der Waals surface area contributed by atoms with E-state index in [1.54, 1.807) is 0 Å². The second kappa shape index (κ2) is 43.5. The maximum absolute atomic E-state index is 12.7. The van der Waals surface area contributed by atoms with E-state index < -0.39 is 6.10 Å². The molecule has 55 heavy (non-hydrogen) atoms. The summed E-state index contributed by atoms with van der Waals surface area (Å²) in [6, 6.07) is 0. The van der Waals surface area contributed by atoms with Gasteiger partial charge in [0, 0.05) is 19.3 Å². The molecule has 326 valence electrons. The van der Waals surface area contributed by atoms with Gasteiger partial charge in [-0.05, 0) is 25.2 Å². The minimum Gasteiger partial charge on any atom is -0.462 e. The molecule has 0 saturated heterocycles. The summed E-state index contributed by atoms with van der Waals surface area (Å²) in [6.07, 6.45) is 44.1. The van der Waals surface area contributed by atoms with Crippen molar-refractivity contribution in [3.8, 4) is 0 Å². The van der Waals surface area contributed by atoms with E-state index in [0.29, 0.717) is 19.3 Å². The van der Waals surface area contributed by atoms with Crippen LogP contribution in [0.3, 0.4) is 0 Å². The van der Waals surface area contributed by atoms with Crippen molar-refractivity contribution in [1.82, 2.24) is 0 Å². The van der Waals surface area contributed by atoms with E-state index in [-0.39, 0.29) is 31.1 Å². The van der Waals surface area contributed by atoms with Crippen molar-refractivity contribution in [2.45, 2.75) is 278 Å². The van der Waals surface area contributed by atoms with Gasteiger partial charge in [0.25, 0.3) is 0 Å². The Morgan fingerprint density at radius 2 is 0.636 bits per heavy atom. The Balaban J connectivity index is 4.04. The maximum atomic E-state index is 12.7. The lowest BCUT2D eigenvalue weighted by molar-refractivity contribution is -0.167. The van der Waals surface area contributed by atoms with Crippen molar-refractivity contribution in [1.29, 1.82) is 0 Å². The van der Waals surface area contributed by atoms with Crippen molar-refractivity contribution in [2.24, 2.45) is 5.92 Å². The fraction of sp³-hybridized carbons (Fsp3) is 0.939. The minimum absolute atomic E-state index is 0.0645. The largest absolute Gasteiger partial charge is 0.462 e. The van der Waals surface area contributed by atoms with Crippen LogP contribution in [0.5, 0.6) is 0 Å². The minimum atomic E-state index is -0.757. The van der Waals surface area contributed by atoms with E-state index in [9.17, 15) is 14.4 Å². The predicted molar refractivity (Wildman–Crippen MR) is 233 cm³/mol. The molecule has 0 bridgehead atoms. The van der Waals surface area contributed by atoms with Crippen LogP contribution in [0.1, 0.15) is 272 Å². The fourth-order valence-corrected chi connectivity index (χ4v) is 7.30. The highest BCUT2D eigenvalue weighted by Gasteiger charge is 2.19. The topological polar surface area (TPSA) is 78.9 Å². The molecule has 0 aromatic heterocycles. The average molecular weight is 779 g/mol. The lowest BCUT2D eigenvalue weighted by Gasteiger charge is -2.18. The Morgan fingerprint density at radius 1 is 0.364 bits per heavy atom. The van der Waals surface area contributed by atoms with Gasteiger partial charge in [-0.1, -0.05) is 233 Å². The molecule has 0 spiro atoms. The Bertz CT molecular complexity index is 828. The average Bonchev–Trinajstić information content (AvgIpc) is 3.18. The molecular formula is C49H94O6. The first kappa shape index (κ1) is 53.4. The molecule has 0 rings (SSSR count). The molecular weight excluding hydrogens is 685 g/mol. The summed E-state index contributed by atoms with van der Waals surface area (Å²) in [4.78, 5) is 37.5. The van der Waals surface area contributed by atoms with Crippen LogP contribution in [0.15, 0.2) is 0 Å². The van der Waals surface area contributed by atoms with Crippen LogP contribution in [0.25, 0.3) is 0 Å². The van der Waals surface area contributed by atoms with E-state index in [1.807, 2.05) is 0 Å². The quantitative estimate of drug-likeness (QED) is 0.0348. The normalized spacial score (nSPS) is 12.4. The molecule has 2 atom stereocenters. The first-order valence-corrected chi connectivity index (χ1v) is 24.4. The van der Waals surface area contributed by atoms with Gasteiger partial charge in [-0.25, -0.2) is 0 Å². The van der Waals surface area contributed by atoms with Crippen molar-refractivity contribution in [2.75, 3.05) is 13.2 Å². The molecule has 1 unspecified atom stereocenters. The highest BCUT2D eigenvalue weighted by molar-refractivity contribution is 5.71. The van der Waals surface area contributed by atoms with Crippen LogP contribution in [-0.4, -0.2) is 37.2 Å². The highest BCUT2D eigenvalue weighted by Crippen LogP contribution is 2.17. The number of esters is 3. The molecule has 0 aliphatic rings. The molecule has 0 aromatic rings. The molecule has 0 aliphatic carbocycles. The number of ether oxygens (including phenoxy) is 3. The van der Waals surface area contributed by atoms with Crippen LogP contribution in [-0.2, 0) is 28.6 Å². The summed E-state index contributed by atoms with van der Waals surface area (Å²) in [5.74, 6) is 0.0431. The van der Waals surface area contributed by atoms with Crippen LogP contribution in [0.2, 0.25) is 0 Å². The number of carbonyl (C=O) groups excluding carboxylic acids is 3. The molecule has 0 radical (unpaired) electrons. The molecule has 0 aromatic carbocycles. The summed E-state index contributed by atoms with van der Waals surface area (Å²) in [5, 5.41) is 0. The van der Waals surface area contributed by atoms with Gasteiger partial charge in [-0.2, -0.15) is 0 Å². The van der Waals surface area contributed by atoms with Gasteiger partial charge in [-0.3, -0.25) is 14.4 Å². The first-order valence-electron chi connectivity index (χ1n) is 24.4. The van der Waals surface area contributed by atoms with Gasteiger partial charge in [-0.15, -0.1) is 0 Å². The lowest BCUT2D eigenvalue weighted by atomic mass is 9.99. The number of rotatable bonds is 44.